The third-order valence-electron chi connectivity index (χ3n) is 5.65. The summed E-state index contributed by atoms with van der Waals surface area (Å²) in [6.07, 6.45) is 7.18. The number of amides is 2. The van der Waals surface area contributed by atoms with Crippen LogP contribution in [0.2, 0.25) is 0 Å². The summed E-state index contributed by atoms with van der Waals surface area (Å²) in [4.78, 5) is 27.9. The molecule has 2 aromatic carbocycles. The molecule has 1 saturated heterocycles. The molecule has 0 spiro atoms. The Morgan fingerprint density at radius 1 is 1.13 bits per heavy atom. The molecule has 5 nitrogen and oxygen atoms in total. The van der Waals surface area contributed by atoms with Gasteiger partial charge in [-0.05, 0) is 60.9 Å². The average molecular weight is 435 g/mol. The fourth-order valence-electron chi connectivity index (χ4n) is 3.77. The minimum absolute atomic E-state index is 0.0610. The second kappa shape index (κ2) is 9.88. The lowest BCUT2D eigenvalue weighted by Gasteiger charge is -2.31. The standard InChI is InChI=1S/C25H26N2O3S/c1-31-21-9-6-18(7-10-21)8-11-24(28)26-17-19-12-14-27(15-13-19)25(29)23-16-20-4-2-3-5-22(20)30-23/h2-11,16,19H,12-15,17H2,1H3,(H,26,28)/b11-8+. The van der Waals surface area contributed by atoms with E-state index in [-0.39, 0.29) is 11.8 Å². The molecule has 31 heavy (non-hydrogen) atoms. The topological polar surface area (TPSA) is 62.6 Å². The molecule has 6 heteroatoms. The third kappa shape index (κ3) is 5.39. The van der Waals surface area contributed by atoms with Crippen LogP contribution in [-0.4, -0.2) is 42.6 Å². The molecule has 0 aliphatic carbocycles. The number of rotatable bonds is 6. The maximum absolute atomic E-state index is 12.8. The Hall–Kier alpha value is -2.99. The van der Waals surface area contributed by atoms with Crippen LogP contribution in [0.15, 0.2) is 70.0 Å². The zero-order valence-electron chi connectivity index (χ0n) is 17.5. The van der Waals surface area contributed by atoms with Gasteiger partial charge in [0.15, 0.2) is 5.76 Å². The minimum atomic E-state index is -0.0882. The number of carbonyl (C=O) groups is 2. The molecule has 1 aliphatic heterocycles. The Morgan fingerprint density at radius 3 is 2.58 bits per heavy atom. The normalized spacial score (nSPS) is 14.9. The minimum Gasteiger partial charge on any atom is -0.451 e. The van der Waals surface area contributed by atoms with Crippen LogP contribution >= 0.6 is 11.8 Å². The molecule has 0 atom stereocenters. The van der Waals surface area contributed by atoms with Gasteiger partial charge in [0.1, 0.15) is 5.58 Å². The first-order valence-corrected chi connectivity index (χ1v) is 11.7. The van der Waals surface area contributed by atoms with Crippen molar-refractivity contribution in [2.75, 3.05) is 25.9 Å². The van der Waals surface area contributed by atoms with Crippen LogP contribution in [0, 0.1) is 5.92 Å². The molecule has 1 aromatic heterocycles. The highest BCUT2D eigenvalue weighted by atomic mass is 32.2. The predicted octanol–water partition coefficient (Wildman–Crippen LogP) is 4.84. The lowest BCUT2D eigenvalue weighted by molar-refractivity contribution is -0.116. The SMILES string of the molecule is CSc1ccc(/C=C/C(=O)NCC2CCN(C(=O)c3cc4ccccc4o3)CC2)cc1. The highest BCUT2D eigenvalue weighted by Gasteiger charge is 2.25. The molecule has 1 N–H and O–H groups in total. The first-order chi connectivity index (χ1) is 15.1. The van der Waals surface area contributed by atoms with E-state index in [0.29, 0.717) is 31.3 Å². The Kier molecular flexibility index (Phi) is 6.77. The fraction of sp³-hybridized carbons (Fsp3) is 0.280. The van der Waals surface area contributed by atoms with Crippen molar-refractivity contribution in [1.29, 1.82) is 0 Å². The number of likely N-dealkylation sites (tertiary alicyclic amines) is 1. The molecular weight excluding hydrogens is 408 g/mol. The van der Waals surface area contributed by atoms with Crippen LogP contribution in [0.3, 0.4) is 0 Å². The fourth-order valence-corrected chi connectivity index (χ4v) is 4.18. The van der Waals surface area contributed by atoms with Gasteiger partial charge in [-0.2, -0.15) is 0 Å². The van der Waals surface area contributed by atoms with Crippen molar-refractivity contribution in [3.8, 4) is 0 Å². The van der Waals surface area contributed by atoms with E-state index in [4.69, 9.17) is 4.42 Å². The number of benzene rings is 2. The number of fused-ring (bicyclic) bond motifs is 1. The average Bonchev–Trinajstić information content (AvgIpc) is 3.26. The Morgan fingerprint density at radius 2 is 1.87 bits per heavy atom. The first kappa shape index (κ1) is 21.2. The van der Waals surface area contributed by atoms with Gasteiger partial charge >= 0.3 is 0 Å². The number of hydrogen-bond acceptors (Lipinski definition) is 4. The van der Waals surface area contributed by atoms with Gasteiger partial charge in [0.05, 0.1) is 0 Å². The second-order valence-corrected chi connectivity index (χ2v) is 8.62. The zero-order chi connectivity index (χ0) is 21.6. The molecule has 3 aromatic rings. The number of nitrogens with zero attached hydrogens (tertiary/aromatic N) is 1. The Balaban J connectivity index is 1.22. The quantitative estimate of drug-likeness (QED) is 0.446. The van der Waals surface area contributed by atoms with E-state index in [1.54, 1.807) is 17.8 Å². The Labute approximate surface area is 186 Å². The summed E-state index contributed by atoms with van der Waals surface area (Å²) in [6, 6.07) is 17.6. The summed E-state index contributed by atoms with van der Waals surface area (Å²) in [5.41, 5.74) is 1.74. The van der Waals surface area contributed by atoms with Crippen molar-refractivity contribution in [2.24, 2.45) is 5.92 Å². The van der Waals surface area contributed by atoms with Gasteiger partial charge in [-0.3, -0.25) is 9.59 Å². The lowest BCUT2D eigenvalue weighted by atomic mass is 9.96. The zero-order valence-corrected chi connectivity index (χ0v) is 18.4. The summed E-state index contributed by atoms with van der Waals surface area (Å²) >= 11 is 1.69. The van der Waals surface area contributed by atoms with E-state index in [1.807, 2.05) is 71.8 Å². The maximum atomic E-state index is 12.8. The monoisotopic (exact) mass is 434 g/mol. The van der Waals surface area contributed by atoms with Crippen LogP contribution in [0.5, 0.6) is 0 Å². The van der Waals surface area contributed by atoms with Gasteiger partial charge in [0, 0.05) is 36.0 Å². The molecule has 1 fully saturated rings. The third-order valence-corrected chi connectivity index (χ3v) is 6.39. The van der Waals surface area contributed by atoms with E-state index < -0.39 is 0 Å². The van der Waals surface area contributed by atoms with Crippen LogP contribution in [-0.2, 0) is 4.79 Å². The van der Waals surface area contributed by atoms with Crippen molar-refractivity contribution >= 4 is 40.6 Å². The highest BCUT2D eigenvalue weighted by molar-refractivity contribution is 7.98. The second-order valence-electron chi connectivity index (χ2n) is 7.74. The van der Waals surface area contributed by atoms with E-state index in [9.17, 15) is 9.59 Å². The van der Waals surface area contributed by atoms with Gasteiger partial charge in [-0.25, -0.2) is 0 Å². The largest absolute Gasteiger partial charge is 0.451 e. The van der Waals surface area contributed by atoms with Crippen LogP contribution in [0.1, 0.15) is 29.0 Å². The van der Waals surface area contributed by atoms with Gasteiger partial charge in [-0.15, -0.1) is 11.8 Å². The molecule has 1 aliphatic rings. The van der Waals surface area contributed by atoms with Crippen molar-refractivity contribution in [1.82, 2.24) is 10.2 Å². The number of nitrogens with one attached hydrogen (secondary N) is 1. The van der Waals surface area contributed by atoms with Gasteiger partial charge in [0.25, 0.3) is 5.91 Å². The molecular formula is C25H26N2O3S. The number of piperidine rings is 1. The summed E-state index contributed by atoms with van der Waals surface area (Å²) < 4.78 is 5.71. The summed E-state index contributed by atoms with van der Waals surface area (Å²) in [6.45, 7) is 1.98. The van der Waals surface area contributed by atoms with Crippen LogP contribution in [0.25, 0.3) is 17.0 Å². The van der Waals surface area contributed by atoms with E-state index >= 15 is 0 Å². The molecule has 0 unspecified atom stereocenters. The van der Waals surface area contributed by atoms with Gasteiger partial charge in [0.2, 0.25) is 5.91 Å². The summed E-state index contributed by atoms with van der Waals surface area (Å²) in [7, 11) is 0. The molecule has 0 bridgehead atoms. The van der Waals surface area contributed by atoms with Gasteiger partial charge < -0.3 is 14.6 Å². The molecule has 0 radical (unpaired) electrons. The number of carbonyl (C=O) groups excluding carboxylic acids is 2. The molecule has 2 heterocycles. The van der Waals surface area contributed by atoms with Crippen molar-refractivity contribution < 1.29 is 14.0 Å². The first-order valence-electron chi connectivity index (χ1n) is 10.5. The number of para-hydroxylation sites is 1. The molecule has 160 valence electrons. The van der Waals surface area contributed by atoms with Crippen LogP contribution in [0.4, 0.5) is 0 Å². The van der Waals surface area contributed by atoms with Crippen LogP contribution < -0.4 is 5.32 Å². The number of furan rings is 1. The molecule has 4 rings (SSSR count). The summed E-state index contributed by atoms with van der Waals surface area (Å²) in [5, 5.41) is 3.93. The highest BCUT2D eigenvalue weighted by Crippen LogP contribution is 2.23. The van der Waals surface area contributed by atoms with Crippen molar-refractivity contribution in [3.05, 3.63) is 72.0 Å². The Bertz CT molecular complexity index is 1050. The van der Waals surface area contributed by atoms with Crippen molar-refractivity contribution in [2.45, 2.75) is 17.7 Å². The number of thioether (sulfide) groups is 1. The molecule has 2 amide bonds. The number of hydrogen-bond donors (Lipinski definition) is 1. The smallest absolute Gasteiger partial charge is 0.289 e. The van der Waals surface area contributed by atoms with E-state index in [0.717, 1.165) is 29.4 Å². The van der Waals surface area contributed by atoms with Gasteiger partial charge in [-0.1, -0.05) is 30.3 Å². The molecule has 0 saturated carbocycles. The van der Waals surface area contributed by atoms with Crippen molar-refractivity contribution in [3.63, 3.8) is 0 Å². The van der Waals surface area contributed by atoms with E-state index in [1.165, 1.54) is 4.90 Å². The maximum Gasteiger partial charge on any atom is 0.289 e. The van der Waals surface area contributed by atoms with E-state index in [2.05, 4.69) is 5.32 Å². The lowest BCUT2D eigenvalue weighted by Crippen LogP contribution is -2.41. The summed E-state index contributed by atoms with van der Waals surface area (Å²) in [5.74, 6) is 0.616. The predicted molar refractivity (Wildman–Crippen MR) is 125 cm³/mol.